The lowest BCUT2D eigenvalue weighted by Gasteiger charge is -2.32. The number of hydrogen-bond acceptors (Lipinski definition) is 5. The number of ether oxygens (including phenoxy) is 1. The molecule has 0 bridgehead atoms. The minimum absolute atomic E-state index is 0.0623. The maximum atomic E-state index is 13.4. The van der Waals surface area contributed by atoms with E-state index >= 15 is 0 Å². The molecular weight excluding hydrogens is 433 g/mol. The Kier molecular flexibility index (Phi) is 7.65. The number of benzene rings is 2. The van der Waals surface area contributed by atoms with Crippen molar-refractivity contribution in [3.63, 3.8) is 0 Å². The van der Waals surface area contributed by atoms with Crippen LogP contribution in [0.4, 0.5) is 4.39 Å². The number of halogens is 1. The minimum Gasteiger partial charge on any atom is -0.483 e. The van der Waals surface area contributed by atoms with Gasteiger partial charge in [-0.3, -0.25) is 9.69 Å². The molecule has 1 atom stereocenters. The Morgan fingerprint density at radius 1 is 1.09 bits per heavy atom. The summed E-state index contributed by atoms with van der Waals surface area (Å²) in [7, 11) is 3.88. The third-order valence-electron chi connectivity index (χ3n) is 6.51. The summed E-state index contributed by atoms with van der Waals surface area (Å²) in [5.74, 6) is 1.04. The molecule has 0 N–H and O–H groups in total. The molecule has 2 heterocycles. The molecule has 0 aliphatic carbocycles. The number of rotatable bonds is 8. The Balaban J connectivity index is 1.50. The Morgan fingerprint density at radius 2 is 1.79 bits per heavy atom. The average Bonchev–Trinajstić information content (AvgIpc) is 3.39. The van der Waals surface area contributed by atoms with Gasteiger partial charge >= 0.3 is 0 Å². The minimum atomic E-state index is -0.257. The first kappa shape index (κ1) is 24.0. The van der Waals surface area contributed by atoms with Crippen LogP contribution in [0.15, 0.2) is 65.3 Å². The van der Waals surface area contributed by atoms with Gasteiger partial charge in [-0.15, -0.1) is 0 Å². The molecule has 180 valence electrons. The van der Waals surface area contributed by atoms with Crippen molar-refractivity contribution >= 4 is 5.91 Å². The number of amides is 1. The molecule has 1 amide bonds. The van der Waals surface area contributed by atoms with Gasteiger partial charge in [0, 0.05) is 45.3 Å². The van der Waals surface area contributed by atoms with E-state index in [0.29, 0.717) is 5.75 Å². The quantitative estimate of drug-likeness (QED) is 0.493. The molecule has 1 unspecified atom stereocenters. The third-order valence-corrected chi connectivity index (χ3v) is 6.51. The van der Waals surface area contributed by atoms with Gasteiger partial charge in [-0.1, -0.05) is 18.2 Å². The van der Waals surface area contributed by atoms with E-state index in [1.54, 1.807) is 30.3 Å². The molecule has 1 saturated heterocycles. The Bertz CT molecular complexity index is 1080. The fraction of sp³-hybridized carbons (Fsp3) is 0.370. The topological polar surface area (TPSA) is 49.2 Å². The second-order valence-corrected chi connectivity index (χ2v) is 8.89. The first-order chi connectivity index (χ1) is 16.4. The molecular formula is C27H32FN3O3. The number of carbonyl (C=O) groups is 1. The lowest BCUT2D eigenvalue weighted by Crippen LogP contribution is -2.43. The number of hydrogen-bond donors (Lipinski definition) is 0. The molecule has 1 aliphatic heterocycles. The number of nitrogens with zero attached hydrogens (tertiary/aromatic N) is 3. The van der Waals surface area contributed by atoms with Gasteiger partial charge in [0.1, 0.15) is 17.3 Å². The number of likely N-dealkylation sites (N-methyl/N-ethyl adjacent to an activating group) is 2. The van der Waals surface area contributed by atoms with Crippen molar-refractivity contribution < 1.29 is 18.3 Å². The molecule has 1 aromatic heterocycles. The van der Waals surface area contributed by atoms with Crippen LogP contribution in [0.3, 0.4) is 0 Å². The molecule has 1 fully saturated rings. The average molecular weight is 466 g/mol. The predicted octanol–water partition coefficient (Wildman–Crippen LogP) is 4.43. The Morgan fingerprint density at radius 3 is 2.47 bits per heavy atom. The van der Waals surface area contributed by atoms with Gasteiger partial charge in [0.05, 0.1) is 12.3 Å². The maximum Gasteiger partial charge on any atom is 0.260 e. The zero-order chi connectivity index (χ0) is 24.1. The highest BCUT2D eigenvalue weighted by atomic mass is 19.1. The van der Waals surface area contributed by atoms with E-state index in [9.17, 15) is 9.18 Å². The lowest BCUT2D eigenvalue weighted by molar-refractivity contribution is -0.134. The van der Waals surface area contributed by atoms with Crippen LogP contribution in [0.2, 0.25) is 0 Å². The van der Waals surface area contributed by atoms with Gasteiger partial charge in [0.2, 0.25) is 0 Å². The van der Waals surface area contributed by atoms with E-state index in [-0.39, 0.29) is 24.4 Å². The molecule has 2 aromatic carbocycles. The van der Waals surface area contributed by atoms with Gasteiger partial charge in [-0.25, -0.2) is 4.39 Å². The monoisotopic (exact) mass is 465 g/mol. The van der Waals surface area contributed by atoms with Crippen LogP contribution >= 0.6 is 0 Å². The van der Waals surface area contributed by atoms with Gasteiger partial charge in [-0.2, -0.15) is 0 Å². The molecule has 3 aromatic rings. The summed E-state index contributed by atoms with van der Waals surface area (Å²) >= 11 is 0. The predicted molar refractivity (Wildman–Crippen MR) is 130 cm³/mol. The number of carbonyl (C=O) groups excluding carboxylic acids is 1. The Labute approximate surface area is 200 Å². The standard InChI is InChI=1S/C27H32FN3O3/c1-20(25-5-4-16-33-25)30(3)27(32)19-34-26-11-8-22(21-6-9-24(28)10-7-21)17-23(26)18-31-14-12-29(2)13-15-31/h4-11,16-17,20H,12-15,18-19H2,1-3H3. The highest BCUT2D eigenvalue weighted by Crippen LogP contribution is 2.29. The fourth-order valence-corrected chi connectivity index (χ4v) is 4.09. The molecule has 0 radical (unpaired) electrons. The van der Waals surface area contributed by atoms with Crippen molar-refractivity contribution in [3.8, 4) is 16.9 Å². The summed E-state index contributed by atoms with van der Waals surface area (Å²) < 4.78 is 24.9. The summed E-state index contributed by atoms with van der Waals surface area (Å²) in [6.45, 7) is 6.56. The second kappa shape index (κ2) is 10.8. The van der Waals surface area contributed by atoms with Crippen LogP contribution in [0.25, 0.3) is 11.1 Å². The first-order valence-electron chi connectivity index (χ1n) is 11.6. The summed E-state index contributed by atoms with van der Waals surface area (Å²) in [5, 5.41) is 0. The molecule has 1 aliphatic rings. The van der Waals surface area contributed by atoms with Crippen molar-refractivity contribution in [1.82, 2.24) is 14.7 Å². The second-order valence-electron chi connectivity index (χ2n) is 8.89. The third kappa shape index (κ3) is 5.85. The van der Waals surface area contributed by atoms with Crippen LogP contribution < -0.4 is 4.74 Å². The van der Waals surface area contributed by atoms with E-state index in [0.717, 1.165) is 55.2 Å². The van der Waals surface area contributed by atoms with Crippen molar-refractivity contribution in [1.29, 1.82) is 0 Å². The van der Waals surface area contributed by atoms with Crippen LogP contribution in [-0.4, -0.2) is 67.5 Å². The Hall–Kier alpha value is -3.16. The van der Waals surface area contributed by atoms with Crippen molar-refractivity contribution in [3.05, 3.63) is 78.0 Å². The van der Waals surface area contributed by atoms with Crippen LogP contribution in [0, 0.1) is 5.82 Å². The zero-order valence-electron chi connectivity index (χ0n) is 20.0. The highest BCUT2D eigenvalue weighted by molar-refractivity contribution is 5.78. The van der Waals surface area contributed by atoms with Gasteiger partial charge in [0.15, 0.2) is 6.61 Å². The summed E-state index contributed by atoms with van der Waals surface area (Å²) in [6.07, 6.45) is 1.61. The largest absolute Gasteiger partial charge is 0.483 e. The van der Waals surface area contributed by atoms with Gasteiger partial charge < -0.3 is 19.0 Å². The van der Waals surface area contributed by atoms with Crippen LogP contribution in [0.1, 0.15) is 24.3 Å². The molecule has 34 heavy (non-hydrogen) atoms. The van der Waals surface area contributed by atoms with Gasteiger partial charge in [-0.05, 0) is 61.5 Å². The maximum absolute atomic E-state index is 13.4. The molecule has 0 saturated carbocycles. The fourth-order valence-electron chi connectivity index (χ4n) is 4.09. The summed E-state index contributed by atoms with van der Waals surface area (Å²) in [6, 6.07) is 15.9. The highest BCUT2D eigenvalue weighted by Gasteiger charge is 2.21. The van der Waals surface area contributed by atoms with E-state index in [2.05, 4.69) is 22.9 Å². The SMILES string of the molecule is CC(c1ccco1)N(C)C(=O)COc1ccc(-c2ccc(F)cc2)cc1CN1CCN(C)CC1. The lowest BCUT2D eigenvalue weighted by atomic mass is 10.0. The van der Waals surface area contributed by atoms with E-state index in [1.807, 2.05) is 31.2 Å². The number of piperazine rings is 1. The number of furan rings is 1. The normalized spacial score (nSPS) is 15.8. The zero-order valence-corrected chi connectivity index (χ0v) is 20.0. The molecule has 4 rings (SSSR count). The van der Waals surface area contributed by atoms with E-state index < -0.39 is 0 Å². The summed E-state index contributed by atoms with van der Waals surface area (Å²) in [4.78, 5) is 19.2. The van der Waals surface area contributed by atoms with Crippen LogP contribution in [-0.2, 0) is 11.3 Å². The molecule has 6 nitrogen and oxygen atoms in total. The van der Waals surface area contributed by atoms with Crippen molar-refractivity contribution in [2.45, 2.75) is 19.5 Å². The van der Waals surface area contributed by atoms with E-state index in [1.165, 1.54) is 12.1 Å². The molecule has 7 heteroatoms. The van der Waals surface area contributed by atoms with E-state index in [4.69, 9.17) is 9.15 Å². The molecule has 0 spiro atoms. The van der Waals surface area contributed by atoms with Crippen molar-refractivity contribution in [2.75, 3.05) is 46.9 Å². The van der Waals surface area contributed by atoms with Crippen molar-refractivity contribution in [2.24, 2.45) is 0 Å². The van der Waals surface area contributed by atoms with Gasteiger partial charge in [0.25, 0.3) is 5.91 Å². The summed E-state index contributed by atoms with van der Waals surface area (Å²) in [5.41, 5.74) is 2.95. The van der Waals surface area contributed by atoms with Crippen LogP contribution in [0.5, 0.6) is 5.75 Å². The first-order valence-corrected chi connectivity index (χ1v) is 11.6. The smallest absolute Gasteiger partial charge is 0.260 e.